The van der Waals surface area contributed by atoms with E-state index in [0.29, 0.717) is 0 Å². The van der Waals surface area contributed by atoms with Crippen molar-refractivity contribution in [2.75, 3.05) is 25.1 Å². The van der Waals surface area contributed by atoms with Crippen LogP contribution in [0.15, 0.2) is 22.6 Å². The van der Waals surface area contributed by atoms with Gasteiger partial charge in [-0.05, 0) is 24.3 Å². The number of esters is 1. The van der Waals surface area contributed by atoms with Gasteiger partial charge in [0, 0.05) is 19.1 Å². The van der Waals surface area contributed by atoms with Gasteiger partial charge in [-0.3, -0.25) is 4.57 Å². The summed E-state index contributed by atoms with van der Waals surface area (Å²) in [6.07, 6.45) is 3.13. The van der Waals surface area contributed by atoms with Crippen LogP contribution < -0.4 is 10.6 Å². The lowest BCUT2D eigenvalue weighted by molar-refractivity contribution is 0.0587. The van der Waals surface area contributed by atoms with E-state index in [9.17, 15) is 9.59 Å². The summed E-state index contributed by atoms with van der Waals surface area (Å²) in [4.78, 5) is 34.4. The van der Waals surface area contributed by atoms with Crippen LogP contribution in [0.4, 0.5) is 5.82 Å². The van der Waals surface area contributed by atoms with Crippen LogP contribution in [-0.2, 0) is 4.74 Å². The molecule has 10 heteroatoms. The molecule has 0 saturated carbocycles. The van der Waals surface area contributed by atoms with Gasteiger partial charge in [0.25, 0.3) is 0 Å². The highest BCUT2D eigenvalue weighted by Gasteiger charge is 2.25. The van der Waals surface area contributed by atoms with Gasteiger partial charge < -0.3 is 9.64 Å². The van der Waals surface area contributed by atoms with Crippen LogP contribution in [0.1, 0.15) is 29.5 Å². The smallest absolute Gasteiger partial charge is 0.376 e. The van der Waals surface area contributed by atoms with Crippen molar-refractivity contribution in [3.8, 4) is 0 Å². The predicted octanol–water partition coefficient (Wildman–Crippen LogP) is 1.20. The average molecular weight is 360 g/mol. The van der Waals surface area contributed by atoms with Gasteiger partial charge >= 0.3 is 11.7 Å². The van der Waals surface area contributed by atoms with Crippen molar-refractivity contribution in [3.63, 3.8) is 0 Å². The molecule has 4 rings (SSSR count). The number of aromatic nitrogens is 5. The molecule has 3 aromatic heterocycles. The predicted molar refractivity (Wildman–Crippen MR) is 92.1 cm³/mol. The monoisotopic (exact) mass is 360 g/mol. The molecule has 0 unspecified atom stereocenters. The highest BCUT2D eigenvalue weighted by atomic mass is 32.1. The lowest BCUT2D eigenvalue weighted by atomic mass is 10.1. The standard InChI is InChI=1S/C15H16N6O3S/c1-24-14(22)12-17-10-4-7-25-11(10)13(18-12)20-5-2-9(3-6-20)21-8-16-19-15(21)23/h4,7-9H,2-3,5-6H2,1H3,(H,19,23). The SMILES string of the molecule is COC(=O)c1nc(N2CCC(n3cn[nH]c3=O)CC2)c2sccc2n1. The van der Waals surface area contributed by atoms with Gasteiger partial charge in [0.05, 0.1) is 17.3 Å². The van der Waals surface area contributed by atoms with E-state index in [-0.39, 0.29) is 17.6 Å². The number of fused-ring (bicyclic) bond motifs is 1. The number of hydrogen-bond donors (Lipinski definition) is 1. The molecule has 4 heterocycles. The number of nitrogens with zero attached hydrogens (tertiary/aromatic N) is 5. The molecule has 0 aromatic carbocycles. The molecule has 0 spiro atoms. The van der Waals surface area contributed by atoms with Gasteiger partial charge in [0.2, 0.25) is 5.82 Å². The first kappa shape index (κ1) is 15.8. The Morgan fingerprint density at radius 3 is 2.84 bits per heavy atom. The molecule has 1 aliphatic heterocycles. The van der Waals surface area contributed by atoms with Crippen molar-refractivity contribution < 1.29 is 9.53 Å². The van der Waals surface area contributed by atoms with Crippen molar-refractivity contribution in [1.82, 2.24) is 24.7 Å². The molecular formula is C15H16N6O3S. The molecule has 3 aromatic rings. The molecule has 1 N–H and O–H groups in total. The molecular weight excluding hydrogens is 344 g/mol. The minimum absolute atomic E-state index is 0.0663. The number of carbonyl (C=O) groups excluding carboxylic acids is 1. The van der Waals surface area contributed by atoms with Crippen LogP contribution in [-0.4, -0.2) is 50.9 Å². The Kier molecular flexibility index (Phi) is 3.96. The zero-order valence-corrected chi connectivity index (χ0v) is 14.3. The maximum atomic E-state index is 11.8. The fourth-order valence-electron chi connectivity index (χ4n) is 3.12. The fraction of sp³-hybridized carbons (Fsp3) is 0.400. The summed E-state index contributed by atoms with van der Waals surface area (Å²) in [6, 6.07) is 1.98. The van der Waals surface area contributed by atoms with Crippen molar-refractivity contribution in [1.29, 1.82) is 0 Å². The topological polar surface area (TPSA) is 106 Å². The van der Waals surface area contributed by atoms with Gasteiger partial charge in [-0.15, -0.1) is 11.3 Å². The maximum absolute atomic E-state index is 11.8. The summed E-state index contributed by atoms with van der Waals surface area (Å²) in [5.74, 6) is 0.268. The number of thiophene rings is 1. The van der Waals surface area contributed by atoms with Crippen LogP contribution in [0.25, 0.3) is 10.2 Å². The summed E-state index contributed by atoms with van der Waals surface area (Å²) >= 11 is 1.55. The first-order valence-corrected chi connectivity index (χ1v) is 8.75. The zero-order valence-electron chi connectivity index (χ0n) is 13.5. The van der Waals surface area contributed by atoms with Crippen LogP contribution in [0.3, 0.4) is 0 Å². The second kappa shape index (κ2) is 6.28. The number of ether oxygens (including phenoxy) is 1. The number of piperidine rings is 1. The number of aromatic amines is 1. The second-order valence-corrected chi connectivity index (χ2v) is 6.70. The highest BCUT2D eigenvalue weighted by Crippen LogP contribution is 2.32. The molecule has 0 aliphatic carbocycles. The third-order valence-electron chi connectivity index (χ3n) is 4.39. The van der Waals surface area contributed by atoms with E-state index in [2.05, 4.69) is 25.1 Å². The number of carbonyl (C=O) groups is 1. The third kappa shape index (κ3) is 2.78. The number of anilines is 1. The van der Waals surface area contributed by atoms with Crippen molar-refractivity contribution >= 4 is 33.3 Å². The van der Waals surface area contributed by atoms with Crippen molar-refractivity contribution in [2.45, 2.75) is 18.9 Å². The molecule has 0 bridgehead atoms. The lowest BCUT2D eigenvalue weighted by Crippen LogP contribution is -2.37. The Balaban J connectivity index is 1.62. The Hall–Kier alpha value is -2.75. The summed E-state index contributed by atoms with van der Waals surface area (Å²) in [7, 11) is 1.32. The largest absolute Gasteiger partial charge is 0.463 e. The molecule has 0 atom stereocenters. The number of methoxy groups -OCH3 is 1. The fourth-order valence-corrected chi connectivity index (χ4v) is 3.96. The van der Waals surface area contributed by atoms with E-state index in [1.54, 1.807) is 22.2 Å². The van der Waals surface area contributed by atoms with E-state index in [4.69, 9.17) is 4.74 Å². The van der Waals surface area contributed by atoms with Crippen molar-refractivity contribution in [3.05, 3.63) is 34.1 Å². The molecule has 1 fully saturated rings. The number of H-pyrrole nitrogens is 1. The summed E-state index contributed by atoms with van der Waals surface area (Å²) in [5.41, 5.74) is 0.553. The van der Waals surface area contributed by atoms with Crippen LogP contribution in [0.2, 0.25) is 0 Å². The summed E-state index contributed by atoms with van der Waals surface area (Å²) in [5, 5.41) is 8.15. The Labute approximate surface area is 146 Å². The van der Waals surface area contributed by atoms with Gasteiger partial charge in [-0.25, -0.2) is 24.7 Å². The molecule has 25 heavy (non-hydrogen) atoms. The van der Waals surface area contributed by atoms with E-state index in [0.717, 1.165) is 42.0 Å². The van der Waals surface area contributed by atoms with Crippen LogP contribution in [0, 0.1) is 0 Å². The Morgan fingerprint density at radius 2 is 2.16 bits per heavy atom. The maximum Gasteiger partial charge on any atom is 0.376 e. The summed E-state index contributed by atoms with van der Waals surface area (Å²) in [6.45, 7) is 1.46. The van der Waals surface area contributed by atoms with Crippen LogP contribution >= 0.6 is 11.3 Å². The Bertz CT molecular complexity index is 969. The number of nitrogens with one attached hydrogen (secondary N) is 1. The van der Waals surface area contributed by atoms with E-state index >= 15 is 0 Å². The number of rotatable bonds is 3. The normalized spacial score (nSPS) is 15.6. The highest BCUT2D eigenvalue weighted by molar-refractivity contribution is 7.17. The average Bonchev–Trinajstić information content (AvgIpc) is 3.29. The molecule has 0 amide bonds. The quantitative estimate of drug-likeness (QED) is 0.700. The van der Waals surface area contributed by atoms with E-state index in [1.807, 2.05) is 11.4 Å². The van der Waals surface area contributed by atoms with Crippen molar-refractivity contribution in [2.24, 2.45) is 0 Å². The Morgan fingerprint density at radius 1 is 1.36 bits per heavy atom. The lowest BCUT2D eigenvalue weighted by Gasteiger charge is -2.33. The first-order chi connectivity index (χ1) is 12.2. The minimum atomic E-state index is -0.547. The van der Waals surface area contributed by atoms with Crippen LogP contribution in [0.5, 0.6) is 0 Å². The summed E-state index contributed by atoms with van der Waals surface area (Å²) < 4.78 is 7.34. The van der Waals surface area contributed by atoms with Gasteiger partial charge in [-0.2, -0.15) is 5.10 Å². The molecule has 9 nitrogen and oxygen atoms in total. The molecule has 1 saturated heterocycles. The van der Waals surface area contributed by atoms with Gasteiger partial charge in [0.1, 0.15) is 6.33 Å². The molecule has 1 aliphatic rings. The van der Waals surface area contributed by atoms with E-state index in [1.165, 1.54) is 7.11 Å². The first-order valence-electron chi connectivity index (χ1n) is 7.87. The zero-order chi connectivity index (χ0) is 17.4. The van der Waals surface area contributed by atoms with Gasteiger partial charge in [0.15, 0.2) is 5.82 Å². The molecule has 0 radical (unpaired) electrons. The van der Waals surface area contributed by atoms with Gasteiger partial charge in [-0.1, -0.05) is 0 Å². The minimum Gasteiger partial charge on any atom is -0.463 e. The number of hydrogen-bond acceptors (Lipinski definition) is 8. The van der Waals surface area contributed by atoms with E-state index < -0.39 is 5.97 Å². The second-order valence-electron chi connectivity index (χ2n) is 5.78. The molecule has 130 valence electrons. The third-order valence-corrected chi connectivity index (χ3v) is 5.29.